The minimum absolute atomic E-state index is 0.0887. The summed E-state index contributed by atoms with van der Waals surface area (Å²) in [6.07, 6.45) is 4.03. The number of methoxy groups -OCH3 is 1. The number of benzene rings is 1. The van der Waals surface area contributed by atoms with Crippen molar-refractivity contribution < 1.29 is 28.7 Å². The van der Waals surface area contributed by atoms with Gasteiger partial charge in [0.1, 0.15) is 11.6 Å². The van der Waals surface area contributed by atoms with E-state index in [0.29, 0.717) is 22.3 Å². The van der Waals surface area contributed by atoms with Crippen molar-refractivity contribution in [2.24, 2.45) is 11.8 Å². The number of rotatable bonds is 8. The summed E-state index contributed by atoms with van der Waals surface area (Å²) in [5.41, 5.74) is 1.07. The molecule has 2 N–H and O–H groups in total. The number of anilines is 1. The van der Waals surface area contributed by atoms with Crippen LogP contribution in [0.2, 0.25) is 0 Å². The summed E-state index contributed by atoms with van der Waals surface area (Å²) in [7, 11) is 1.24. The van der Waals surface area contributed by atoms with E-state index < -0.39 is 23.5 Å². The van der Waals surface area contributed by atoms with Crippen molar-refractivity contribution in [3.8, 4) is 0 Å². The first-order valence-electron chi connectivity index (χ1n) is 14.6. The molecular weight excluding hydrogens is 556 g/mol. The molecule has 2 aliphatic heterocycles. The van der Waals surface area contributed by atoms with Crippen molar-refractivity contribution in [1.82, 2.24) is 15.5 Å². The average molecular weight is 599 g/mol. The van der Waals surface area contributed by atoms with Crippen molar-refractivity contribution in [3.63, 3.8) is 0 Å². The van der Waals surface area contributed by atoms with Crippen molar-refractivity contribution >= 4 is 40.9 Å². The van der Waals surface area contributed by atoms with Crippen LogP contribution in [0.4, 0.5) is 10.5 Å². The normalized spacial score (nSPS) is 17.3. The molecule has 42 heavy (non-hydrogen) atoms. The van der Waals surface area contributed by atoms with E-state index in [0.717, 1.165) is 57.5 Å². The van der Waals surface area contributed by atoms with Gasteiger partial charge in [-0.3, -0.25) is 9.59 Å². The summed E-state index contributed by atoms with van der Waals surface area (Å²) in [5, 5.41) is 7.13. The number of carbonyl (C=O) groups is 4. The maximum Gasteiger partial charge on any atom is 0.410 e. The van der Waals surface area contributed by atoms with Gasteiger partial charge >= 0.3 is 12.1 Å². The number of hydrogen-bond acceptors (Lipinski definition) is 8. The summed E-state index contributed by atoms with van der Waals surface area (Å²) in [4.78, 5) is 54.4. The van der Waals surface area contributed by atoms with E-state index in [9.17, 15) is 19.2 Å². The third kappa shape index (κ3) is 8.47. The highest BCUT2D eigenvalue weighted by molar-refractivity contribution is 7.12. The van der Waals surface area contributed by atoms with Crippen LogP contribution in [0.3, 0.4) is 0 Å². The summed E-state index contributed by atoms with van der Waals surface area (Å²) < 4.78 is 10.3. The van der Waals surface area contributed by atoms with Crippen LogP contribution < -0.4 is 15.5 Å². The second-order valence-corrected chi connectivity index (χ2v) is 12.9. The third-order valence-corrected chi connectivity index (χ3v) is 8.76. The quantitative estimate of drug-likeness (QED) is 0.435. The summed E-state index contributed by atoms with van der Waals surface area (Å²) in [6.45, 7) is 9.01. The SMILES string of the molecule is COC(=O)C(CNC(=O)c1ccc(N2CCC(C3CCN(C(=O)OC(C)(C)C)CC3)CC2)cc1)NC(=O)c1cccs1. The Morgan fingerprint density at radius 1 is 0.929 bits per heavy atom. The molecule has 1 unspecified atom stereocenters. The number of carbonyl (C=O) groups excluding carboxylic acids is 4. The first kappa shape index (κ1) is 31.3. The fourth-order valence-electron chi connectivity index (χ4n) is 5.60. The van der Waals surface area contributed by atoms with Crippen molar-refractivity contribution in [2.75, 3.05) is 44.7 Å². The summed E-state index contributed by atoms with van der Waals surface area (Å²) in [6, 6.07) is 9.86. The van der Waals surface area contributed by atoms with Crippen molar-refractivity contribution in [3.05, 3.63) is 52.2 Å². The Labute approximate surface area is 251 Å². The molecule has 0 bridgehead atoms. The number of nitrogens with zero attached hydrogens (tertiary/aromatic N) is 2. The molecule has 11 heteroatoms. The Bertz CT molecular complexity index is 1210. The van der Waals surface area contributed by atoms with Crippen molar-refractivity contribution in [1.29, 1.82) is 0 Å². The van der Waals surface area contributed by atoms with E-state index in [-0.39, 0.29) is 18.5 Å². The zero-order chi connectivity index (χ0) is 30.3. The van der Waals surface area contributed by atoms with Crippen molar-refractivity contribution in [2.45, 2.75) is 58.1 Å². The monoisotopic (exact) mass is 598 g/mol. The fourth-order valence-corrected chi connectivity index (χ4v) is 6.23. The Morgan fingerprint density at radius 2 is 1.55 bits per heavy atom. The van der Waals surface area contributed by atoms with E-state index in [2.05, 4.69) is 15.5 Å². The van der Waals surface area contributed by atoms with E-state index in [1.165, 1.54) is 18.4 Å². The summed E-state index contributed by atoms with van der Waals surface area (Å²) >= 11 is 1.26. The van der Waals surface area contributed by atoms with Gasteiger partial charge in [-0.15, -0.1) is 11.3 Å². The van der Waals surface area contributed by atoms with Crippen LogP contribution in [-0.2, 0) is 14.3 Å². The number of likely N-dealkylation sites (tertiary alicyclic amines) is 1. The zero-order valence-corrected chi connectivity index (χ0v) is 25.7. The zero-order valence-electron chi connectivity index (χ0n) is 24.9. The highest BCUT2D eigenvalue weighted by Crippen LogP contribution is 2.34. The lowest BCUT2D eigenvalue weighted by molar-refractivity contribution is -0.142. The second kappa shape index (κ2) is 14.0. The first-order valence-corrected chi connectivity index (χ1v) is 15.5. The van der Waals surface area contributed by atoms with Crippen LogP contribution in [0.25, 0.3) is 0 Å². The van der Waals surface area contributed by atoms with Gasteiger partial charge in [-0.05, 0) is 94.0 Å². The molecule has 0 spiro atoms. The lowest BCUT2D eigenvalue weighted by Gasteiger charge is -2.41. The van der Waals surface area contributed by atoms with Gasteiger partial charge in [0, 0.05) is 44.0 Å². The van der Waals surface area contributed by atoms with Gasteiger partial charge in [0.25, 0.3) is 11.8 Å². The number of piperidine rings is 2. The van der Waals surface area contributed by atoms with Crippen LogP contribution >= 0.6 is 11.3 Å². The molecule has 3 heterocycles. The van der Waals surface area contributed by atoms with Gasteiger partial charge in [0.15, 0.2) is 0 Å². The highest BCUT2D eigenvalue weighted by atomic mass is 32.1. The Balaban J connectivity index is 1.22. The summed E-state index contributed by atoms with van der Waals surface area (Å²) in [5.74, 6) is -0.0881. The number of hydrogen-bond donors (Lipinski definition) is 2. The molecule has 4 rings (SSSR count). The molecule has 3 amide bonds. The Hall–Kier alpha value is -3.60. The van der Waals surface area contributed by atoms with Gasteiger partial charge in [0.2, 0.25) is 0 Å². The van der Waals surface area contributed by atoms with Gasteiger partial charge < -0.3 is 29.9 Å². The molecule has 2 saturated heterocycles. The topological polar surface area (TPSA) is 117 Å². The Kier molecular flexibility index (Phi) is 10.5. The van der Waals surface area contributed by atoms with E-state index in [1.54, 1.807) is 29.6 Å². The number of esters is 1. The van der Waals surface area contributed by atoms with Gasteiger partial charge in [-0.25, -0.2) is 9.59 Å². The number of ether oxygens (including phenoxy) is 2. The smallest absolute Gasteiger partial charge is 0.410 e. The highest BCUT2D eigenvalue weighted by Gasteiger charge is 2.32. The lowest BCUT2D eigenvalue weighted by Crippen LogP contribution is -2.48. The molecule has 0 aliphatic carbocycles. The van der Waals surface area contributed by atoms with Gasteiger partial charge in [0.05, 0.1) is 12.0 Å². The second-order valence-electron chi connectivity index (χ2n) is 11.9. The molecule has 2 aliphatic rings. The molecule has 1 atom stereocenters. The van der Waals surface area contributed by atoms with Crippen LogP contribution in [0, 0.1) is 11.8 Å². The van der Waals surface area contributed by atoms with Crippen LogP contribution in [-0.4, -0.2) is 80.3 Å². The molecule has 2 aromatic rings. The molecule has 2 fully saturated rings. The predicted octanol–water partition coefficient (Wildman–Crippen LogP) is 4.31. The maximum atomic E-state index is 12.8. The van der Waals surface area contributed by atoms with E-state index in [4.69, 9.17) is 9.47 Å². The number of nitrogens with one attached hydrogen (secondary N) is 2. The maximum absolute atomic E-state index is 12.8. The standard InChI is InChI=1S/C31H42N4O6S/c1-31(2,3)41-30(39)35-17-13-22(14-18-35)21-11-15-34(16-12-21)24-9-7-23(8-10-24)27(36)32-20-25(29(38)40-4)33-28(37)26-6-5-19-42-26/h5-10,19,21-22,25H,11-18,20H2,1-4H3,(H,32,36)(H,33,37). The third-order valence-electron chi connectivity index (χ3n) is 7.89. The molecular formula is C31H42N4O6S. The molecule has 10 nitrogen and oxygen atoms in total. The number of thiophene rings is 1. The van der Waals surface area contributed by atoms with Crippen LogP contribution in [0.15, 0.2) is 41.8 Å². The molecule has 228 valence electrons. The predicted molar refractivity (Wildman–Crippen MR) is 162 cm³/mol. The first-order chi connectivity index (χ1) is 20.0. The Morgan fingerprint density at radius 3 is 2.10 bits per heavy atom. The van der Waals surface area contributed by atoms with E-state index >= 15 is 0 Å². The minimum Gasteiger partial charge on any atom is -0.467 e. The number of amides is 3. The molecule has 1 aromatic heterocycles. The average Bonchev–Trinajstić information content (AvgIpc) is 3.53. The largest absolute Gasteiger partial charge is 0.467 e. The van der Waals surface area contributed by atoms with Gasteiger partial charge in [-0.2, -0.15) is 0 Å². The minimum atomic E-state index is -1.00. The fraction of sp³-hybridized carbons (Fsp3) is 0.548. The van der Waals surface area contributed by atoms with Crippen LogP contribution in [0.1, 0.15) is 66.5 Å². The molecule has 0 saturated carbocycles. The van der Waals surface area contributed by atoms with Gasteiger partial charge in [-0.1, -0.05) is 6.07 Å². The van der Waals surface area contributed by atoms with Crippen LogP contribution in [0.5, 0.6) is 0 Å². The molecule has 1 aromatic carbocycles. The molecule has 0 radical (unpaired) electrons. The lowest BCUT2D eigenvalue weighted by atomic mass is 9.79. The van der Waals surface area contributed by atoms with E-state index in [1.807, 2.05) is 37.8 Å².